The quantitative estimate of drug-likeness (QED) is 0.744. The average Bonchev–Trinajstić information content (AvgIpc) is 2.61. The average molecular weight is 416 g/mol. The van der Waals surface area contributed by atoms with Crippen LogP contribution in [0.15, 0.2) is 18.2 Å². The number of amides is 2. The monoisotopic (exact) mass is 415 g/mol. The zero-order valence-electron chi connectivity index (χ0n) is 16.3. The molecule has 1 aromatic carbocycles. The lowest BCUT2D eigenvalue weighted by molar-refractivity contribution is -0.132. The predicted molar refractivity (Wildman–Crippen MR) is 103 cm³/mol. The van der Waals surface area contributed by atoms with Crippen molar-refractivity contribution in [2.75, 3.05) is 19.8 Å². The van der Waals surface area contributed by atoms with Crippen molar-refractivity contribution >= 4 is 23.6 Å². The largest absolute Gasteiger partial charge is 0.484 e. The summed E-state index contributed by atoms with van der Waals surface area (Å²) in [7, 11) is 0. The zero-order valence-corrected chi connectivity index (χ0v) is 17.1. The maximum Gasteiger partial charge on any atom is 0.404 e. The van der Waals surface area contributed by atoms with Crippen LogP contribution in [0.2, 0.25) is 5.02 Å². The maximum absolute atomic E-state index is 13.4. The number of hydrogen-bond donors (Lipinski definition) is 2. The van der Waals surface area contributed by atoms with E-state index in [4.69, 9.17) is 26.8 Å². The number of ether oxygens (including phenoxy) is 2. The van der Waals surface area contributed by atoms with Gasteiger partial charge in [0.25, 0.3) is 5.91 Å². The molecule has 2 atom stereocenters. The van der Waals surface area contributed by atoms with Crippen molar-refractivity contribution in [2.45, 2.75) is 39.7 Å². The number of halogens is 2. The van der Waals surface area contributed by atoms with E-state index in [1.807, 2.05) is 5.01 Å². The van der Waals surface area contributed by atoms with E-state index in [-0.39, 0.29) is 47.3 Å². The van der Waals surface area contributed by atoms with Crippen LogP contribution >= 0.6 is 11.6 Å². The Morgan fingerprint density at radius 2 is 2.11 bits per heavy atom. The van der Waals surface area contributed by atoms with Gasteiger partial charge in [-0.15, -0.1) is 0 Å². The number of hydrogen-bond acceptors (Lipinski definition) is 5. The molecule has 2 rings (SSSR count). The van der Waals surface area contributed by atoms with Crippen LogP contribution in [0.25, 0.3) is 0 Å². The number of carbonyl (C=O) groups is 2. The van der Waals surface area contributed by atoms with Crippen LogP contribution in [0.5, 0.6) is 5.75 Å². The van der Waals surface area contributed by atoms with Crippen LogP contribution in [-0.2, 0) is 9.53 Å². The van der Waals surface area contributed by atoms with Crippen molar-refractivity contribution in [3.05, 3.63) is 29.0 Å². The first-order valence-electron chi connectivity index (χ1n) is 9.12. The van der Waals surface area contributed by atoms with E-state index in [1.54, 1.807) is 0 Å². The van der Waals surface area contributed by atoms with E-state index >= 15 is 0 Å². The van der Waals surface area contributed by atoms with Crippen molar-refractivity contribution in [1.29, 1.82) is 0 Å². The Kier molecular flexibility index (Phi) is 7.48. The van der Waals surface area contributed by atoms with E-state index in [0.717, 1.165) is 18.9 Å². The van der Waals surface area contributed by atoms with E-state index in [9.17, 15) is 14.0 Å². The van der Waals surface area contributed by atoms with Crippen LogP contribution in [0.3, 0.4) is 0 Å². The van der Waals surface area contributed by atoms with Gasteiger partial charge in [0.1, 0.15) is 11.6 Å². The molecule has 1 aliphatic heterocycles. The van der Waals surface area contributed by atoms with Crippen molar-refractivity contribution in [2.24, 2.45) is 17.1 Å². The molecule has 0 bridgehead atoms. The number of piperidine rings is 1. The van der Waals surface area contributed by atoms with Crippen LogP contribution in [0, 0.1) is 17.2 Å². The van der Waals surface area contributed by atoms with Gasteiger partial charge in [-0.2, -0.15) is 0 Å². The first kappa shape index (κ1) is 22.2. The Bertz CT molecular complexity index is 711. The van der Waals surface area contributed by atoms with Crippen LogP contribution in [-0.4, -0.2) is 42.8 Å². The molecule has 1 heterocycles. The van der Waals surface area contributed by atoms with Gasteiger partial charge >= 0.3 is 6.09 Å². The summed E-state index contributed by atoms with van der Waals surface area (Å²) in [4.78, 5) is 23.2. The first-order valence-corrected chi connectivity index (χ1v) is 9.50. The molecule has 0 aromatic heterocycles. The number of nitrogens with one attached hydrogen (secondary N) is 1. The molecule has 1 aliphatic rings. The van der Waals surface area contributed by atoms with Crippen LogP contribution < -0.4 is 15.9 Å². The molecular weight excluding hydrogens is 389 g/mol. The van der Waals surface area contributed by atoms with Crippen LogP contribution in [0.1, 0.15) is 33.6 Å². The molecule has 0 saturated carbocycles. The predicted octanol–water partition coefficient (Wildman–Crippen LogP) is 3.11. The molecule has 2 unspecified atom stereocenters. The molecule has 156 valence electrons. The second kappa shape index (κ2) is 9.43. The minimum atomic E-state index is -0.779. The molecule has 28 heavy (non-hydrogen) atoms. The fourth-order valence-electron chi connectivity index (χ4n) is 3.25. The fraction of sp³-hybridized carbons (Fsp3) is 0.579. The Labute approximate surface area is 169 Å². The molecule has 2 amide bonds. The Morgan fingerprint density at radius 3 is 2.71 bits per heavy atom. The van der Waals surface area contributed by atoms with Gasteiger partial charge in [-0.05, 0) is 36.3 Å². The summed E-state index contributed by atoms with van der Waals surface area (Å²) < 4.78 is 23.7. The van der Waals surface area contributed by atoms with Crippen molar-refractivity contribution in [1.82, 2.24) is 10.4 Å². The fourth-order valence-corrected chi connectivity index (χ4v) is 3.37. The number of rotatable bonds is 6. The minimum absolute atomic E-state index is 0.00648. The second-order valence-electron chi connectivity index (χ2n) is 8.00. The van der Waals surface area contributed by atoms with Gasteiger partial charge in [0.2, 0.25) is 0 Å². The third-order valence-corrected chi connectivity index (χ3v) is 5.01. The van der Waals surface area contributed by atoms with Crippen molar-refractivity contribution < 1.29 is 23.5 Å². The van der Waals surface area contributed by atoms with Gasteiger partial charge in [-0.25, -0.2) is 14.2 Å². The Morgan fingerprint density at radius 1 is 1.39 bits per heavy atom. The summed E-state index contributed by atoms with van der Waals surface area (Å²) in [5.74, 6) is -0.533. The highest BCUT2D eigenvalue weighted by molar-refractivity contribution is 6.30. The molecule has 1 fully saturated rings. The van der Waals surface area contributed by atoms with E-state index in [1.165, 1.54) is 12.1 Å². The lowest BCUT2D eigenvalue weighted by Crippen LogP contribution is -2.58. The molecular formula is C19H27ClFN3O4. The topological polar surface area (TPSA) is 93.9 Å². The molecule has 9 heteroatoms. The smallest absolute Gasteiger partial charge is 0.404 e. The van der Waals surface area contributed by atoms with Crippen LogP contribution in [0.4, 0.5) is 9.18 Å². The van der Waals surface area contributed by atoms with E-state index in [2.05, 4.69) is 26.2 Å². The van der Waals surface area contributed by atoms with Gasteiger partial charge in [0.05, 0.1) is 11.6 Å². The zero-order chi connectivity index (χ0) is 20.9. The molecule has 1 aromatic rings. The molecule has 1 saturated heterocycles. The summed E-state index contributed by atoms with van der Waals surface area (Å²) in [6.45, 7) is 6.89. The maximum atomic E-state index is 13.4. The second-order valence-corrected chi connectivity index (χ2v) is 8.40. The number of benzene rings is 1. The standard InChI is InChI=1S/C19H27ClFN3O4/c1-19(2,3)16-8-12(10-28-18(22)26)6-7-24(16)23-17(25)11-27-13-4-5-14(20)15(21)9-13/h4-5,9,12,16H,6-8,10-11H2,1-3H3,(H2,22,26)(H,23,25). The van der Waals surface area contributed by atoms with Gasteiger partial charge < -0.3 is 15.2 Å². The number of primary amides is 1. The SMILES string of the molecule is CC(C)(C)C1CC(COC(N)=O)CCN1NC(=O)COc1ccc(Cl)c(F)c1. The third kappa shape index (κ3) is 6.53. The highest BCUT2D eigenvalue weighted by Gasteiger charge is 2.37. The first-order chi connectivity index (χ1) is 13.1. The number of carbonyl (C=O) groups excluding carboxylic acids is 2. The summed E-state index contributed by atoms with van der Waals surface area (Å²) in [6.07, 6.45) is 0.725. The molecule has 7 nitrogen and oxygen atoms in total. The summed E-state index contributed by atoms with van der Waals surface area (Å²) in [6, 6.07) is 4.05. The molecule has 3 N–H and O–H groups in total. The lowest BCUT2D eigenvalue weighted by atomic mass is 9.78. The molecule has 0 spiro atoms. The lowest BCUT2D eigenvalue weighted by Gasteiger charge is -2.45. The number of nitrogens with two attached hydrogens (primary N) is 1. The van der Waals surface area contributed by atoms with Crippen molar-refractivity contribution in [3.63, 3.8) is 0 Å². The summed E-state index contributed by atoms with van der Waals surface area (Å²) >= 11 is 5.63. The van der Waals surface area contributed by atoms with Crippen molar-refractivity contribution in [3.8, 4) is 5.75 Å². The Balaban J connectivity index is 1.92. The number of nitrogens with zero attached hydrogens (tertiary/aromatic N) is 1. The van der Waals surface area contributed by atoms with Gasteiger partial charge in [0.15, 0.2) is 6.61 Å². The highest BCUT2D eigenvalue weighted by Crippen LogP contribution is 2.33. The van der Waals surface area contributed by atoms with Gasteiger partial charge in [-0.3, -0.25) is 10.2 Å². The third-order valence-electron chi connectivity index (χ3n) is 4.70. The number of hydrazine groups is 1. The Hall–Kier alpha value is -2.06. The van der Waals surface area contributed by atoms with E-state index in [0.29, 0.717) is 6.54 Å². The highest BCUT2D eigenvalue weighted by atomic mass is 35.5. The van der Waals surface area contributed by atoms with E-state index < -0.39 is 11.9 Å². The molecule has 0 radical (unpaired) electrons. The van der Waals surface area contributed by atoms with Gasteiger partial charge in [-0.1, -0.05) is 32.4 Å². The summed E-state index contributed by atoms with van der Waals surface area (Å²) in [5.41, 5.74) is 7.81. The molecule has 0 aliphatic carbocycles. The summed E-state index contributed by atoms with van der Waals surface area (Å²) in [5, 5.41) is 1.89. The minimum Gasteiger partial charge on any atom is -0.484 e. The van der Waals surface area contributed by atoms with Gasteiger partial charge in [0, 0.05) is 18.7 Å². The normalized spacial score (nSPS) is 20.5.